The second kappa shape index (κ2) is 12.7. The Morgan fingerprint density at radius 3 is 1.45 bits per heavy atom. The highest BCUT2D eigenvalue weighted by Crippen LogP contribution is 2.42. The summed E-state index contributed by atoms with van der Waals surface area (Å²) in [6.45, 7) is 13.7. The molecule has 0 saturated carbocycles. The van der Waals surface area contributed by atoms with Gasteiger partial charge in [-0.3, -0.25) is 0 Å². The zero-order valence-electron chi connectivity index (χ0n) is 30.8. The van der Waals surface area contributed by atoms with E-state index in [0.717, 1.165) is 12.8 Å². The summed E-state index contributed by atoms with van der Waals surface area (Å²) in [5, 5.41) is 4.97. The third kappa shape index (κ3) is 6.27. The fourth-order valence-corrected chi connectivity index (χ4v) is 7.55. The number of hydrogen-bond donors (Lipinski definition) is 0. The van der Waals surface area contributed by atoms with Crippen LogP contribution in [-0.4, -0.2) is 4.57 Å². The van der Waals surface area contributed by atoms with Gasteiger partial charge >= 0.3 is 0 Å². The van der Waals surface area contributed by atoms with Crippen molar-refractivity contribution < 1.29 is 0 Å². The molecule has 0 N–H and O–H groups in total. The van der Waals surface area contributed by atoms with Crippen LogP contribution in [0.3, 0.4) is 0 Å². The van der Waals surface area contributed by atoms with E-state index < -0.39 is 0 Å². The minimum absolute atomic E-state index is 0.111. The predicted octanol–water partition coefficient (Wildman–Crippen LogP) is 14.1. The van der Waals surface area contributed by atoms with Crippen molar-refractivity contribution >= 4 is 27.1 Å². The molecule has 6 aromatic carbocycles. The van der Waals surface area contributed by atoms with Gasteiger partial charge in [0.15, 0.2) is 0 Å². The summed E-state index contributed by atoms with van der Waals surface area (Å²) < 4.78 is 2.54. The number of allylic oxidation sites excluding steroid dienone is 4. The average Bonchev–Trinajstić information content (AvgIpc) is 3.58. The van der Waals surface area contributed by atoms with Crippen LogP contribution in [0.15, 0.2) is 152 Å². The molecule has 0 unspecified atom stereocenters. The van der Waals surface area contributed by atoms with Crippen molar-refractivity contribution in [2.75, 3.05) is 0 Å². The summed E-state index contributed by atoms with van der Waals surface area (Å²) in [7, 11) is 0. The second-order valence-corrected chi connectivity index (χ2v) is 16.2. The fraction of sp³-hybridized carbons (Fsp3) is 0.200. The topological polar surface area (TPSA) is 4.93 Å². The largest absolute Gasteiger partial charge is 0.308 e. The lowest BCUT2D eigenvalue weighted by Gasteiger charge is -2.22. The highest BCUT2D eigenvalue weighted by Gasteiger charge is 2.21. The molecule has 0 radical (unpaired) electrons. The number of hydrogen-bond acceptors (Lipinski definition) is 0. The molecule has 7 aromatic rings. The van der Waals surface area contributed by atoms with Gasteiger partial charge in [0.2, 0.25) is 0 Å². The first kappa shape index (κ1) is 32.8. The predicted molar refractivity (Wildman–Crippen MR) is 221 cm³/mol. The number of nitrogens with zero attached hydrogens (tertiary/aromatic N) is 1. The van der Waals surface area contributed by atoms with Crippen LogP contribution in [0, 0.1) is 0 Å². The Balaban J connectivity index is 1.43. The number of aromatic nitrogens is 1. The molecule has 1 nitrogen and oxygen atoms in total. The summed E-state index contributed by atoms with van der Waals surface area (Å²) in [5.41, 5.74) is 14.0. The maximum absolute atomic E-state index is 2.54. The van der Waals surface area contributed by atoms with E-state index in [9.17, 15) is 0 Å². The van der Waals surface area contributed by atoms with Crippen molar-refractivity contribution in [3.05, 3.63) is 169 Å². The lowest BCUT2D eigenvalue weighted by atomic mass is 9.86. The molecule has 0 bridgehead atoms. The van der Waals surface area contributed by atoms with Gasteiger partial charge in [0.1, 0.15) is 0 Å². The standard InChI is InChI=1S/C50H47N/c1-49(2,3)42-25-21-34(22-26-42)38-17-19-40-31-41-20-18-39(35-23-27-43(28-24-35)50(4,5)6)33-45(41)48(44(40)32-38)51-46(36-13-9-7-10-14-36)29-30-47(51)37-15-11-8-12-16-37/h7,9-11,13-33H,8,12H2,1-6H3. The molecule has 0 spiro atoms. The lowest BCUT2D eigenvalue weighted by molar-refractivity contribution is 0.590. The van der Waals surface area contributed by atoms with Crippen molar-refractivity contribution in [2.45, 2.75) is 65.2 Å². The summed E-state index contributed by atoms with van der Waals surface area (Å²) in [6, 6.07) is 50.2. The molecule has 0 saturated heterocycles. The Hall–Kier alpha value is -5.40. The highest BCUT2D eigenvalue weighted by molar-refractivity contribution is 6.10. The molecule has 0 atom stereocenters. The average molecular weight is 662 g/mol. The number of benzene rings is 6. The molecule has 0 amide bonds. The van der Waals surface area contributed by atoms with E-state index >= 15 is 0 Å². The van der Waals surface area contributed by atoms with Crippen molar-refractivity contribution in [3.8, 4) is 39.2 Å². The SMILES string of the molecule is CC(C)(C)c1ccc(-c2ccc3cc4ccc(-c5ccc(C(C)(C)C)cc5)cc4c(-n4c(C5=CCCC=C5)ccc4-c4ccccc4)c3c2)cc1. The van der Waals surface area contributed by atoms with Crippen LogP contribution < -0.4 is 0 Å². The van der Waals surface area contributed by atoms with Gasteiger partial charge in [0.25, 0.3) is 0 Å². The molecule has 1 aliphatic carbocycles. The zero-order chi connectivity index (χ0) is 35.3. The Morgan fingerprint density at radius 2 is 0.961 bits per heavy atom. The molecule has 252 valence electrons. The van der Waals surface area contributed by atoms with Crippen LogP contribution >= 0.6 is 0 Å². The minimum atomic E-state index is 0.111. The molecule has 1 aliphatic rings. The van der Waals surface area contributed by atoms with Gasteiger partial charge in [0, 0.05) is 10.8 Å². The van der Waals surface area contributed by atoms with E-state index in [2.05, 4.69) is 198 Å². The van der Waals surface area contributed by atoms with E-state index in [4.69, 9.17) is 0 Å². The van der Waals surface area contributed by atoms with Gasteiger partial charge in [-0.1, -0.05) is 163 Å². The number of rotatable bonds is 5. The van der Waals surface area contributed by atoms with Crippen molar-refractivity contribution in [2.24, 2.45) is 0 Å². The van der Waals surface area contributed by atoms with Crippen LogP contribution in [-0.2, 0) is 10.8 Å². The molecular weight excluding hydrogens is 615 g/mol. The van der Waals surface area contributed by atoms with E-state index in [0.29, 0.717) is 0 Å². The van der Waals surface area contributed by atoms with Crippen molar-refractivity contribution in [3.63, 3.8) is 0 Å². The lowest BCUT2D eigenvalue weighted by Crippen LogP contribution is -2.10. The first-order valence-electron chi connectivity index (χ1n) is 18.4. The summed E-state index contributed by atoms with van der Waals surface area (Å²) in [4.78, 5) is 0. The Labute approximate surface area is 303 Å². The first-order valence-corrected chi connectivity index (χ1v) is 18.4. The van der Waals surface area contributed by atoms with Crippen LogP contribution in [0.2, 0.25) is 0 Å². The highest BCUT2D eigenvalue weighted by atomic mass is 15.0. The van der Waals surface area contributed by atoms with Gasteiger partial charge in [-0.25, -0.2) is 0 Å². The van der Waals surface area contributed by atoms with E-state index in [1.165, 1.54) is 83.1 Å². The molecule has 1 heterocycles. The molecule has 0 aliphatic heterocycles. The number of fused-ring (bicyclic) bond motifs is 2. The van der Waals surface area contributed by atoms with Crippen LogP contribution in [0.4, 0.5) is 0 Å². The molecule has 1 aromatic heterocycles. The van der Waals surface area contributed by atoms with E-state index in [1.807, 2.05) is 0 Å². The maximum atomic E-state index is 2.54. The summed E-state index contributed by atoms with van der Waals surface area (Å²) >= 11 is 0. The summed E-state index contributed by atoms with van der Waals surface area (Å²) in [5.74, 6) is 0. The van der Waals surface area contributed by atoms with Crippen molar-refractivity contribution in [1.29, 1.82) is 0 Å². The molecule has 8 rings (SSSR count). The quantitative estimate of drug-likeness (QED) is 0.162. The van der Waals surface area contributed by atoms with Crippen molar-refractivity contribution in [1.82, 2.24) is 4.57 Å². The minimum Gasteiger partial charge on any atom is -0.308 e. The van der Waals surface area contributed by atoms with E-state index in [1.54, 1.807) is 0 Å². The Morgan fingerprint density at radius 1 is 0.451 bits per heavy atom. The molecule has 51 heavy (non-hydrogen) atoms. The monoisotopic (exact) mass is 661 g/mol. The Bertz CT molecular complexity index is 2320. The van der Waals surface area contributed by atoms with Crippen LogP contribution in [0.25, 0.3) is 66.3 Å². The van der Waals surface area contributed by atoms with E-state index in [-0.39, 0.29) is 10.8 Å². The second-order valence-electron chi connectivity index (χ2n) is 16.2. The van der Waals surface area contributed by atoms with Gasteiger partial charge < -0.3 is 4.57 Å². The van der Waals surface area contributed by atoms with Gasteiger partial charge in [-0.2, -0.15) is 0 Å². The van der Waals surface area contributed by atoms with Gasteiger partial charge in [0.05, 0.1) is 17.1 Å². The smallest absolute Gasteiger partial charge is 0.0619 e. The normalized spacial score (nSPS) is 13.6. The maximum Gasteiger partial charge on any atom is 0.0619 e. The molecular formula is C50H47N. The molecule has 0 fully saturated rings. The van der Waals surface area contributed by atoms with Gasteiger partial charge in [-0.15, -0.1) is 0 Å². The van der Waals surface area contributed by atoms with Gasteiger partial charge in [-0.05, 0) is 109 Å². The third-order valence-corrected chi connectivity index (χ3v) is 10.6. The third-order valence-electron chi connectivity index (χ3n) is 10.6. The zero-order valence-corrected chi connectivity index (χ0v) is 30.8. The van der Waals surface area contributed by atoms with Crippen LogP contribution in [0.1, 0.15) is 71.2 Å². The molecule has 1 heteroatoms. The van der Waals surface area contributed by atoms with Crippen LogP contribution in [0.5, 0.6) is 0 Å². The fourth-order valence-electron chi connectivity index (χ4n) is 7.55. The summed E-state index contributed by atoms with van der Waals surface area (Å²) in [6.07, 6.45) is 9.16. The Kier molecular flexibility index (Phi) is 8.19. The first-order chi connectivity index (χ1) is 24.5.